The number of nitrogens with two attached hydrogens (primary N) is 1. The van der Waals surface area contributed by atoms with E-state index < -0.39 is 10.0 Å². The summed E-state index contributed by atoms with van der Waals surface area (Å²) in [4.78, 5) is 12.3. The second kappa shape index (κ2) is 7.47. The molecular weight excluding hydrogens is 410 g/mol. The number of fused-ring (bicyclic) bond motifs is 3. The van der Waals surface area contributed by atoms with Crippen LogP contribution in [0.25, 0.3) is 16.6 Å². The second-order valence-corrected chi connectivity index (χ2v) is 8.93. The van der Waals surface area contributed by atoms with E-state index >= 15 is 0 Å². The zero-order chi connectivity index (χ0) is 20.6. The number of carbonyl (C=O) groups is 1. The van der Waals surface area contributed by atoms with E-state index in [1.54, 1.807) is 6.07 Å². The Labute approximate surface area is 171 Å². The number of nitrogens with one attached hydrogen (secondary N) is 1. The lowest BCUT2D eigenvalue weighted by atomic mass is 10.1. The summed E-state index contributed by atoms with van der Waals surface area (Å²) >= 11 is 1.25. The minimum atomic E-state index is -3.84. The molecule has 1 amide bonds. The standard InChI is InChI=1S/C19H17N5O3S2/c1-12-9-17-22-23-19(24(17)16-8-3-2-7-15(12)16)28-11-18(25)21-13-5-4-6-14(10-13)29(20,26)27/h2-10H,11H2,1H3,(H,21,25)(H2,20,26,27). The highest BCUT2D eigenvalue weighted by atomic mass is 32.2. The molecule has 3 N–H and O–H groups in total. The molecule has 0 fully saturated rings. The van der Waals surface area contributed by atoms with Crippen molar-refractivity contribution in [3.63, 3.8) is 0 Å². The summed E-state index contributed by atoms with van der Waals surface area (Å²) in [5.74, 6) is -0.211. The molecule has 4 rings (SSSR count). The summed E-state index contributed by atoms with van der Waals surface area (Å²) in [6.45, 7) is 2.02. The topological polar surface area (TPSA) is 119 Å². The van der Waals surface area contributed by atoms with Gasteiger partial charge in [-0.15, -0.1) is 10.2 Å². The first kappa shape index (κ1) is 19.4. The first-order valence-electron chi connectivity index (χ1n) is 8.62. The Balaban J connectivity index is 1.55. The minimum absolute atomic E-state index is 0.0618. The van der Waals surface area contributed by atoms with Gasteiger partial charge in [0, 0.05) is 11.1 Å². The third kappa shape index (κ3) is 3.95. The molecule has 0 saturated heterocycles. The van der Waals surface area contributed by atoms with E-state index in [0.29, 0.717) is 16.5 Å². The van der Waals surface area contributed by atoms with Gasteiger partial charge in [-0.05, 0) is 42.8 Å². The number of primary sulfonamides is 1. The largest absolute Gasteiger partial charge is 0.325 e. The van der Waals surface area contributed by atoms with Gasteiger partial charge in [0.25, 0.3) is 0 Å². The molecule has 0 aliphatic heterocycles. The molecule has 4 aromatic rings. The van der Waals surface area contributed by atoms with Gasteiger partial charge >= 0.3 is 0 Å². The molecule has 148 valence electrons. The summed E-state index contributed by atoms with van der Waals surface area (Å²) < 4.78 is 24.8. The summed E-state index contributed by atoms with van der Waals surface area (Å²) in [6.07, 6.45) is 0. The zero-order valence-corrected chi connectivity index (χ0v) is 17.0. The van der Waals surface area contributed by atoms with Crippen molar-refractivity contribution in [3.8, 4) is 0 Å². The second-order valence-electron chi connectivity index (χ2n) is 6.43. The quantitative estimate of drug-likeness (QED) is 0.473. The number of aryl methyl sites for hydroxylation is 1. The number of benzene rings is 2. The highest BCUT2D eigenvalue weighted by Gasteiger charge is 2.14. The lowest BCUT2D eigenvalue weighted by molar-refractivity contribution is -0.113. The summed E-state index contributed by atoms with van der Waals surface area (Å²) in [5, 5.41) is 17.9. The molecule has 2 heterocycles. The molecule has 0 bridgehead atoms. The molecular formula is C19H17N5O3S2. The Kier molecular flexibility index (Phi) is 4.99. The molecule has 8 nitrogen and oxygen atoms in total. The Bertz CT molecular complexity index is 1350. The van der Waals surface area contributed by atoms with Gasteiger partial charge in [-0.2, -0.15) is 0 Å². The normalized spacial score (nSPS) is 11.8. The highest BCUT2D eigenvalue weighted by molar-refractivity contribution is 7.99. The van der Waals surface area contributed by atoms with Gasteiger partial charge in [-0.1, -0.05) is 36.0 Å². The molecule has 10 heteroatoms. The van der Waals surface area contributed by atoms with E-state index in [2.05, 4.69) is 15.5 Å². The maximum absolute atomic E-state index is 12.4. The van der Waals surface area contributed by atoms with Gasteiger partial charge in [0.15, 0.2) is 10.8 Å². The maximum Gasteiger partial charge on any atom is 0.238 e. The van der Waals surface area contributed by atoms with E-state index in [1.807, 2.05) is 41.7 Å². The first-order chi connectivity index (χ1) is 13.8. The number of amides is 1. The predicted molar refractivity (Wildman–Crippen MR) is 112 cm³/mol. The number of thioether (sulfide) groups is 1. The Morgan fingerprint density at radius 1 is 1.14 bits per heavy atom. The van der Waals surface area contributed by atoms with Crippen molar-refractivity contribution >= 4 is 49.9 Å². The van der Waals surface area contributed by atoms with Crippen LogP contribution in [0.4, 0.5) is 5.69 Å². The van der Waals surface area contributed by atoms with Crippen LogP contribution in [0.2, 0.25) is 0 Å². The van der Waals surface area contributed by atoms with Crippen molar-refractivity contribution in [1.29, 1.82) is 0 Å². The fourth-order valence-electron chi connectivity index (χ4n) is 3.05. The SMILES string of the molecule is Cc1cc2nnc(SCC(=O)Nc3cccc(S(N)(=O)=O)c3)n2c2ccccc12. The van der Waals surface area contributed by atoms with Crippen LogP contribution >= 0.6 is 11.8 Å². The molecule has 0 aliphatic rings. The van der Waals surface area contributed by atoms with E-state index in [-0.39, 0.29) is 16.6 Å². The predicted octanol–water partition coefficient (Wildman–Crippen LogP) is 2.57. The summed E-state index contributed by atoms with van der Waals surface area (Å²) in [5.41, 5.74) is 3.14. The fourth-order valence-corrected chi connectivity index (χ4v) is 4.36. The zero-order valence-electron chi connectivity index (χ0n) is 15.4. The van der Waals surface area contributed by atoms with Crippen molar-refractivity contribution < 1.29 is 13.2 Å². The average molecular weight is 428 g/mol. The number of aromatic nitrogens is 3. The molecule has 0 aliphatic carbocycles. The lowest BCUT2D eigenvalue weighted by Gasteiger charge is -2.08. The van der Waals surface area contributed by atoms with E-state index in [0.717, 1.165) is 16.5 Å². The summed E-state index contributed by atoms with van der Waals surface area (Å²) in [7, 11) is -3.84. The van der Waals surface area contributed by atoms with Crippen molar-refractivity contribution in [1.82, 2.24) is 14.6 Å². The third-order valence-corrected chi connectivity index (χ3v) is 6.19. The molecule has 0 atom stereocenters. The highest BCUT2D eigenvalue weighted by Crippen LogP contribution is 2.25. The third-order valence-electron chi connectivity index (χ3n) is 4.35. The number of hydrogen-bond donors (Lipinski definition) is 2. The number of pyridine rings is 1. The van der Waals surface area contributed by atoms with Crippen LogP contribution in [0, 0.1) is 6.92 Å². The Morgan fingerprint density at radius 3 is 2.72 bits per heavy atom. The Hall–Kier alpha value is -2.95. The number of nitrogens with zero attached hydrogens (tertiary/aromatic N) is 3. The molecule has 0 unspecified atom stereocenters. The number of rotatable bonds is 5. The van der Waals surface area contributed by atoms with Gasteiger partial charge in [0.05, 0.1) is 16.2 Å². The van der Waals surface area contributed by atoms with Crippen molar-refractivity contribution in [2.24, 2.45) is 5.14 Å². The average Bonchev–Trinajstić information content (AvgIpc) is 3.09. The number of sulfonamides is 1. The van der Waals surface area contributed by atoms with Crippen molar-refractivity contribution in [2.75, 3.05) is 11.1 Å². The lowest BCUT2D eigenvalue weighted by Crippen LogP contribution is -2.16. The minimum Gasteiger partial charge on any atom is -0.325 e. The first-order valence-corrected chi connectivity index (χ1v) is 11.1. The van der Waals surface area contributed by atoms with Crippen LogP contribution in [0.3, 0.4) is 0 Å². The summed E-state index contributed by atoms with van der Waals surface area (Å²) in [6, 6.07) is 15.7. The Morgan fingerprint density at radius 2 is 1.93 bits per heavy atom. The molecule has 0 saturated carbocycles. The van der Waals surface area contributed by atoms with E-state index in [9.17, 15) is 13.2 Å². The van der Waals surface area contributed by atoms with Gasteiger partial charge in [-0.3, -0.25) is 9.20 Å². The van der Waals surface area contributed by atoms with Gasteiger partial charge in [0.1, 0.15) is 0 Å². The number of anilines is 1. The smallest absolute Gasteiger partial charge is 0.238 e. The van der Waals surface area contributed by atoms with Gasteiger partial charge < -0.3 is 5.32 Å². The van der Waals surface area contributed by atoms with Gasteiger partial charge in [0.2, 0.25) is 15.9 Å². The van der Waals surface area contributed by atoms with Crippen LogP contribution in [-0.2, 0) is 14.8 Å². The van der Waals surface area contributed by atoms with E-state index in [4.69, 9.17) is 5.14 Å². The van der Waals surface area contributed by atoms with Crippen molar-refractivity contribution in [3.05, 3.63) is 60.2 Å². The molecule has 0 spiro atoms. The number of para-hydroxylation sites is 1. The maximum atomic E-state index is 12.4. The number of carbonyl (C=O) groups excluding carboxylic acids is 1. The van der Waals surface area contributed by atoms with Crippen LogP contribution in [-0.4, -0.2) is 34.7 Å². The molecule has 2 aromatic carbocycles. The van der Waals surface area contributed by atoms with Gasteiger partial charge in [-0.25, -0.2) is 13.6 Å². The van der Waals surface area contributed by atoms with Crippen LogP contribution < -0.4 is 10.5 Å². The van der Waals surface area contributed by atoms with E-state index in [1.165, 1.54) is 30.0 Å². The van der Waals surface area contributed by atoms with Crippen LogP contribution in [0.5, 0.6) is 0 Å². The molecule has 29 heavy (non-hydrogen) atoms. The monoisotopic (exact) mass is 427 g/mol. The van der Waals surface area contributed by atoms with Crippen molar-refractivity contribution in [2.45, 2.75) is 17.0 Å². The molecule has 2 aromatic heterocycles. The fraction of sp³-hybridized carbons (Fsp3) is 0.105. The van der Waals surface area contributed by atoms with Crippen LogP contribution in [0.1, 0.15) is 5.56 Å². The van der Waals surface area contributed by atoms with Crippen LogP contribution in [0.15, 0.2) is 64.6 Å². The molecule has 0 radical (unpaired) electrons. The number of hydrogen-bond acceptors (Lipinski definition) is 6.